The molecule has 5 unspecified atom stereocenters. The summed E-state index contributed by atoms with van der Waals surface area (Å²) in [5, 5.41) is 11.0. The Hall–Kier alpha value is -0.910. The van der Waals surface area contributed by atoms with E-state index in [0.717, 1.165) is 32.1 Å². The molecular formula is C21H32O5. The number of hydrogen-bond acceptors (Lipinski definition) is 5. The molecule has 1 heterocycles. The Morgan fingerprint density at radius 1 is 1.31 bits per heavy atom. The highest BCUT2D eigenvalue weighted by Crippen LogP contribution is 2.62. The summed E-state index contributed by atoms with van der Waals surface area (Å²) in [4.78, 5) is 11.5. The first kappa shape index (κ1) is 18.5. The van der Waals surface area contributed by atoms with Crippen LogP contribution < -0.4 is 0 Å². The molecule has 4 rings (SSSR count). The van der Waals surface area contributed by atoms with Crippen molar-refractivity contribution in [1.29, 1.82) is 0 Å². The molecule has 3 fully saturated rings. The van der Waals surface area contributed by atoms with Crippen molar-refractivity contribution in [2.75, 3.05) is 13.7 Å². The second-order valence-corrected chi connectivity index (χ2v) is 9.28. The topological polar surface area (TPSA) is 65.0 Å². The van der Waals surface area contributed by atoms with Crippen LogP contribution in [0.25, 0.3) is 0 Å². The van der Waals surface area contributed by atoms with E-state index in [1.54, 1.807) is 7.11 Å². The molecule has 5 heteroatoms. The van der Waals surface area contributed by atoms with Gasteiger partial charge >= 0.3 is 5.97 Å². The second kappa shape index (κ2) is 6.32. The zero-order valence-corrected chi connectivity index (χ0v) is 16.4. The van der Waals surface area contributed by atoms with E-state index < -0.39 is 6.10 Å². The summed E-state index contributed by atoms with van der Waals surface area (Å²) in [6.07, 6.45) is 6.69. The van der Waals surface area contributed by atoms with Gasteiger partial charge in [0.05, 0.1) is 24.9 Å². The Bertz CT molecular complexity index is 616. The van der Waals surface area contributed by atoms with Gasteiger partial charge in [0, 0.05) is 25.4 Å². The molecule has 0 aromatic rings. The van der Waals surface area contributed by atoms with Crippen LogP contribution in [0.3, 0.4) is 0 Å². The molecule has 146 valence electrons. The van der Waals surface area contributed by atoms with Gasteiger partial charge in [0.25, 0.3) is 0 Å². The monoisotopic (exact) mass is 364 g/mol. The summed E-state index contributed by atoms with van der Waals surface area (Å²) in [5.41, 5.74) is 1.27. The molecule has 26 heavy (non-hydrogen) atoms. The standard InChI is InChI=1S/C21H32O5/c1-12(22)26-17-11-25-19-18-15(6-8-21(17,19)3)20(2)7-5-14(24-4)9-13(20)10-16(18)23/h10,14-19,23H,5-9,11H2,1-4H3/t14-,15?,16?,17?,18?,19?,20-,21+/m0/s1. The van der Waals surface area contributed by atoms with Crippen molar-refractivity contribution in [2.24, 2.45) is 22.7 Å². The van der Waals surface area contributed by atoms with Crippen LogP contribution >= 0.6 is 0 Å². The van der Waals surface area contributed by atoms with E-state index in [-0.39, 0.29) is 41.0 Å². The summed E-state index contributed by atoms with van der Waals surface area (Å²) < 4.78 is 17.4. The van der Waals surface area contributed by atoms with Gasteiger partial charge in [-0.1, -0.05) is 25.5 Å². The van der Waals surface area contributed by atoms with E-state index in [0.29, 0.717) is 12.5 Å². The molecule has 0 aromatic heterocycles. The van der Waals surface area contributed by atoms with Gasteiger partial charge in [-0.05, 0) is 43.4 Å². The van der Waals surface area contributed by atoms with Crippen molar-refractivity contribution >= 4 is 5.97 Å². The Balaban J connectivity index is 1.65. The lowest BCUT2D eigenvalue weighted by Crippen LogP contribution is -2.58. The van der Waals surface area contributed by atoms with Crippen LogP contribution in [0.1, 0.15) is 52.9 Å². The number of carbonyl (C=O) groups is 1. The van der Waals surface area contributed by atoms with Crippen LogP contribution in [-0.2, 0) is 19.0 Å². The molecular weight excluding hydrogens is 332 g/mol. The Morgan fingerprint density at radius 3 is 2.77 bits per heavy atom. The number of methoxy groups -OCH3 is 1. The van der Waals surface area contributed by atoms with Crippen molar-refractivity contribution < 1.29 is 24.1 Å². The molecule has 0 amide bonds. The maximum atomic E-state index is 11.5. The quantitative estimate of drug-likeness (QED) is 0.603. The van der Waals surface area contributed by atoms with E-state index in [2.05, 4.69) is 19.9 Å². The molecule has 0 spiro atoms. The molecule has 0 radical (unpaired) electrons. The van der Waals surface area contributed by atoms with Gasteiger partial charge in [0.15, 0.2) is 0 Å². The van der Waals surface area contributed by atoms with Gasteiger partial charge < -0.3 is 19.3 Å². The van der Waals surface area contributed by atoms with E-state index in [9.17, 15) is 9.90 Å². The Morgan fingerprint density at radius 2 is 2.08 bits per heavy atom. The number of fused-ring (bicyclic) bond motifs is 5. The van der Waals surface area contributed by atoms with Crippen molar-refractivity contribution in [3.05, 3.63) is 11.6 Å². The largest absolute Gasteiger partial charge is 0.459 e. The fraction of sp³-hybridized carbons (Fsp3) is 0.857. The van der Waals surface area contributed by atoms with Crippen LogP contribution in [0.2, 0.25) is 0 Å². The van der Waals surface area contributed by atoms with Crippen molar-refractivity contribution in [1.82, 2.24) is 0 Å². The number of carbonyl (C=O) groups excluding carboxylic acids is 1. The summed E-state index contributed by atoms with van der Waals surface area (Å²) in [7, 11) is 1.78. The summed E-state index contributed by atoms with van der Waals surface area (Å²) in [5.74, 6) is 0.227. The molecule has 4 aliphatic rings. The van der Waals surface area contributed by atoms with E-state index in [1.165, 1.54) is 12.5 Å². The van der Waals surface area contributed by atoms with Gasteiger partial charge in [-0.2, -0.15) is 0 Å². The van der Waals surface area contributed by atoms with E-state index >= 15 is 0 Å². The third-order valence-corrected chi connectivity index (χ3v) is 8.01. The fourth-order valence-electron chi connectivity index (χ4n) is 6.41. The molecule has 0 bridgehead atoms. The van der Waals surface area contributed by atoms with Crippen LogP contribution in [0.5, 0.6) is 0 Å². The average Bonchev–Trinajstić information content (AvgIpc) is 2.91. The fourth-order valence-corrected chi connectivity index (χ4v) is 6.41. The predicted octanol–water partition coefficient (Wildman–Crippen LogP) is 2.86. The first-order chi connectivity index (χ1) is 12.3. The van der Waals surface area contributed by atoms with Gasteiger partial charge in [0.2, 0.25) is 0 Å². The molecule has 1 N–H and O–H groups in total. The normalized spacial score (nSPS) is 50.3. The number of ether oxygens (including phenoxy) is 3. The van der Waals surface area contributed by atoms with E-state index in [4.69, 9.17) is 14.2 Å². The molecule has 1 aliphatic heterocycles. The van der Waals surface area contributed by atoms with Crippen molar-refractivity contribution in [3.63, 3.8) is 0 Å². The lowest BCUT2D eigenvalue weighted by molar-refractivity contribution is -0.157. The smallest absolute Gasteiger partial charge is 0.303 e. The van der Waals surface area contributed by atoms with Gasteiger partial charge in [0.1, 0.15) is 6.10 Å². The zero-order valence-electron chi connectivity index (χ0n) is 16.4. The number of aliphatic hydroxyl groups excluding tert-OH is 1. The van der Waals surface area contributed by atoms with Crippen LogP contribution in [0.15, 0.2) is 11.6 Å². The molecule has 3 aliphatic carbocycles. The van der Waals surface area contributed by atoms with Gasteiger partial charge in [-0.25, -0.2) is 0 Å². The molecule has 0 aromatic carbocycles. The zero-order chi connectivity index (χ0) is 18.7. The minimum atomic E-state index is -0.501. The maximum absolute atomic E-state index is 11.5. The summed E-state index contributed by atoms with van der Waals surface area (Å²) >= 11 is 0. The highest BCUT2D eigenvalue weighted by Gasteiger charge is 2.62. The lowest BCUT2D eigenvalue weighted by atomic mass is 9.49. The van der Waals surface area contributed by atoms with Crippen LogP contribution in [0, 0.1) is 22.7 Å². The minimum absolute atomic E-state index is 0.0598. The van der Waals surface area contributed by atoms with Gasteiger partial charge in [-0.3, -0.25) is 4.79 Å². The highest BCUT2D eigenvalue weighted by atomic mass is 16.6. The third kappa shape index (κ3) is 2.58. The summed E-state index contributed by atoms with van der Waals surface area (Å²) in [6, 6.07) is 0. The Labute approximate surface area is 156 Å². The molecule has 5 nitrogen and oxygen atoms in total. The predicted molar refractivity (Wildman–Crippen MR) is 96.5 cm³/mol. The van der Waals surface area contributed by atoms with Crippen molar-refractivity contribution in [2.45, 2.75) is 77.3 Å². The SMILES string of the molecule is CO[C@H]1CC[C@@]2(C)C(=CC(O)C3C4OCC(OC(C)=O)[C@@]4(C)CCC32)C1. The number of rotatable bonds is 2. The lowest BCUT2D eigenvalue weighted by Gasteiger charge is -2.58. The van der Waals surface area contributed by atoms with Crippen molar-refractivity contribution in [3.8, 4) is 0 Å². The third-order valence-electron chi connectivity index (χ3n) is 8.01. The van der Waals surface area contributed by atoms with Gasteiger partial charge in [-0.15, -0.1) is 0 Å². The van der Waals surface area contributed by atoms with E-state index in [1.807, 2.05) is 0 Å². The molecule has 8 atom stereocenters. The number of hydrogen-bond donors (Lipinski definition) is 1. The average molecular weight is 364 g/mol. The molecule has 1 saturated heterocycles. The number of esters is 1. The minimum Gasteiger partial charge on any atom is -0.459 e. The highest BCUT2D eigenvalue weighted by molar-refractivity contribution is 5.66. The first-order valence-electron chi connectivity index (χ1n) is 10.0. The Kier molecular flexibility index (Phi) is 4.48. The number of aliphatic hydroxyl groups is 1. The molecule has 2 saturated carbocycles. The second-order valence-electron chi connectivity index (χ2n) is 9.28. The van der Waals surface area contributed by atoms with Crippen LogP contribution in [-0.4, -0.2) is 49.2 Å². The first-order valence-corrected chi connectivity index (χ1v) is 10.0. The van der Waals surface area contributed by atoms with Crippen LogP contribution in [0.4, 0.5) is 0 Å². The maximum Gasteiger partial charge on any atom is 0.303 e. The summed E-state index contributed by atoms with van der Waals surface area (Å²) in [6.45, 7) is 6.44.